The minimum Gasteiger partial charge on any atom is -0.247 e. The number of hydrogen-bond donors (Lipinski definition) is 0. The van der Waals surface area contributed by atoms with Crippen molar-refractivity contribution in [3.8, 4) is 22.4 Å². The van der Waals surface area contributed by atoms with E-state index in [4.69, 9.17) is 4.98 Å². The molecule has 0 aliphatic heterocycles. The molecule has 0 atom stereocenters. The van der Waals surface area contributed by atoms with Gasteiger partial charge in [-0.2, -0.15) is 0 Å². The number of hydrogen-bond acceptors (Lipinski definition) is 2. The molecular weight excluding hydrogens is 615 g/mol. The second kappa shape index (κ2) is 11.9. The van der Waals surface area contributed by atoms with Crippen LogP contribution >= 0.6 is 11.3 Å². The third-order valence-electron chi connectivity index (χ3n) is 9.62. The van der Waals surface area contributed by atoms with Gasteiger partial charge in [0.2, 0.25) is 0 Å². The molecule has 0 aliphatic carbocycles. The van der Waals surface area contributed by atoms with Crippen LogP contribution in [0.3, 0.4) is 0 Å². The smallest absolute Gasteiger partial charge is 0.179 e. The molecule has 0 saturated heterocycles. The van der Waals surface area contributed by atoms with Crippen molar-refractivity contribution in [3.63, 3.8) is 0 Å². The number of thiophene rings is 1. The number of benzene rings is 7. The fourth-order valence-corrected chi connectivity index (χ4v) is 13.4. The van der Waals surface area contributed by atoms with E-state index in [0.717, 1.165) is 16.8 Å². The Morgan fingerprint density at radius 1 is 0.396 bits per heavy atom. The first-order valence-electron chi connectivity index (χ1n) is 16.4. The maximum absolute atomic E-state index is 5.29. The van der Waals surface area contributed by atoms with Crippen LogP contribution in [0.4, 0.5) is 0 Å². The third-order valence-corrected chi connectivity index (χ3v) is 15.6. The lowest BCUT2D eigenvalue weighted by Crippen LogP contribution is -2.74. The lowest BCUT2D eigenvalue weighted by molar-refractivity contribution is 1.43. The van der Waals surface area contributed by atoms with Crippen LogP contribution in [0.25, 0.3) is 53.5 Å². The molecule has 0 fully saturated rings. The Labute approximate surface area is 285 Å². The van der Waals surface area contributed by atoms with Crippen LogP contribution in [0.5, 0.6) is 0 Å². The van der Waals surface area contributed by atoms with E-state index >= 15 is 0 Å². The number of para-hydroxylation sites is 1. The SMILES string of the molecule is c1ccc([Si](c2ccccc2)(c2ccccc2)c2ccc(-c3cccc(-c4nc5ccccc5c5sc6ccccc6c45)c3)cc2)cc1. The zero-order valence-electron chi connectivity index (χ0n) is 26.3. The summed E-state index contributed by atoms with van der Waals surface area (Å²) in [5, 5.41) is 9.24. The molecular formula is C45H31NSSi. The minimum atomic E-state index is -2.57. The van der Waals surface area contributed by atoms with E-state index in [1.165, 1.54) is 57.4 Å². The monoisotopic (exact) mass is 645 g/mol. The zero-order chi connectivity index (χ0) is 31.9. The molecule has 2 heterocycles. The number of fused-ring (bicyclic) bond motifs is 5. The van der Waals surface area contributed by atoms with Gasteiger partial charge in [-0.1, -0.05) is 170 Å². The lowest BCUT2D eigenvalue weighted by atomic mass is 9.98. The summed E-state index contributed by atoms with van der Waals surface area (Å²) in [5.41, 5.74) is 5.60. The average Bonchev–Trinajstić information content (AvgIpc) is 3.57. The largest absolute Gasteiger partial charge is 0.247 e. The molecule has 9 aromatic rings. The maximum atomic E-state index is 5.29. The van der Waals surface area contributed by atoms with Crippen molar-refractivity contribution in [2.24, 2.45) is 0 Å². The van der Waals surface area contributed by atoms with Gasteiger partial charge in [-0.15, -0.1) is 11.3 Å². The Bertz CT molecular complexity index is 2440. The van der Waals surface area contributed by atoms with Crippen molar-refractivity contribution < 1.29 is 0 Å². The molecule has 226 valence electrons. The quantitative estimate of drug-likeness (QED) is 0.130. The fourth-order valence-electron chi connectivity index (χ4n) is 7.44. The van der Waals surface area contributed by atoms with Gasteiger partial charge in [0.15, 0.2) is 8.07 Å². The van der Waals surface area contributed by atoms with Gasteiger partial charge in [0.1, 0.15) is 0 Å². The van der Waals surface area contributed by atoms with E-state index in [1.807, 2.05) is 11.3 Å². The highest BCUT2D eigenvalue weighted by Gasteiger charge is 2.41. The standard InChI is InChI=1S/C45H31NSSi/c1-4-17-35(18-5-1)48(36-19-6-2-7-20-36,37-21-8-3-9-22-37)38-29-27-32(28-30-38)33-15-14-16-34(31-33)44-43-40-24-11-13-26-42(40)47-45(43)39-23-10-12-25-41(39)46-44/h1-31H. The van der Waals surface area contributed by atoms with Crippen LogP contribution in [-0.2, 0) is 0 Å². The fraction of sp³-hybridized carbons (Fsp3) is 0. The van der Waals surface area contributed by atoms with E-state index in [-0.39, 0.29) is 0 Å². The molecule has 48 heavy (non-hydrogen) atoms. The number of nitrogens with zero attached hydrogens (tertiary/aromatic N) is 1. The van der Waals surface area contributed by atoms with Gasteiger partial charge in [0, 0.05) is 31.1 Å². The summed E-state index contributed by atoms with van der Waals surface area (Å²) in [7, 11) is -2.57. The van der Waals surface area contributed by atoms with Crippen LogP contribution in [-0.4, -0.2) is 13.1 Å². The van der Waals surface area contributed by atoms with Crippen LogP contribution in [0.2, 0.25) is 0 Å². The van der Waals surface area contributed by atoms with Crippen molar-refractivity contribution in [1.82, 2.24) is 4.98 Å². The summed E-state index contributed by atoms with van der Waals surface area (Å²) in [6.07, 6.45) is 0. The summed E-state index contributed by atoms with van der Waals surface area (Å²) in [4.78, 5) is 5.29. The van der Waals surface area contributed by atoms with E-state index in [0.29, 0.717) is 0 Å². The Morgan fingerprint density at radius 3 is 1.56 bits per heavy atom. The summed E-state index contributed by atoms with van der Waals surface area (Å²) >= 11 is 1.86. The Morgan fingerprint density at radius 2 is 0.917 bits per heavy atom. The van der Waals surface area contributed by atoms with E-state index in [2.05, 4.69) is 188 Å². The van der Waals surface area contributed by atoms with E-state index in [1.54, 1.807) is 0 Å². The predicted molar refractivity (Wildman–Crippen MR) is 209 cm³/mol. The van der Waals surface area contributed by atoms with Gasteiger partial charge in [0.25, 0.3) is 0 Å². The average molecular weight is 646 g/mol. The highest BCUT2D eigenvalue weighted by Crippen LogP contribution is 2.43. The van der Waals surface area contributed by atoms with Crippen LogP contribution < -0.4 is 20.7 Å². The molecule has 1 nitrogen and oxygen atoms in total. The van der Waals surface area contributed by atoms with Gasteiger partial charge in [-0.25, -0.2) is 4.98 Å². The van der Waals surface area contributed by atoms with Crippen molar-refractivity contribution >= 4 is 71.2 Å². The first-order valence-corrected chi connectivity index (χ1v) is 19.2. The second-order valence-corrected chi connectivity index (χ2v) is 17.1. The molecule has 0 aliphatic rings. The second-order valence-electron chi connectivity index (χ2n) is 12.3. The summed E-state index contributed by atoms with van der Waals surface area (Å²) in [5.74, 6) is 0. The topological polar surface area (TPSA) is 12.9 Å². The molecule has 2 aromatic heterocycles. The number of rotatable bonds is 6. The van der Waals surface area contributed by atoms with Crippen LogP contribution in [0, 0.1) is 0 Å². The summed E-state index contributed by atoms with van der Waals surface area (Å²) < 4.78 is 2.59. The molecule has 0 unspecified atom stereocenters. The molecule has 9 rings (SSSR count). The van der Waals surface area contributed by atoms with Crippen molar-refractivity contribution in [3.05, 3.63) is 188 Å². The normalized spacial score (nSPS) is 11.8. The van der Waals surface area contributed by atoms with Crippen molar-refractivity contribution in [2.75, 3.05) is 0 Å². The molecule has 0 N–H and O–H groups in total. The molecule has 0 spiro atoms. The zero-order valence-corrected chi connectivity index (χ0v) is 28.1. The van der Waals surface area contributed by atoms with Gasteiger partial charge in [-0.05, 0) is 50.1 Å². The lowest BCUT2D eigenvalue weighted by Gasteiger charge is -2.34. The Hall–Kier alpha value is -5.61. The maximum Gasteiger partial charge on any atom is 0.179 e. The third kappa shape index (κ3) is 4.63. The Balaban J connectivity index is 1.21. The van der Waals surface area contributed by atoms with Gasteiger partial charge >= 0.3 is 0 Å². The molecule has 3 heteroatoms. The first kappa shape index (κ1) is 28.6. The highest BCUT2D eigenvalue weighted by molar-refractivity contribution is 7.26. The molecule has 0 bridgehead atoms. The molecule has 0 radical (unpaired) electrons. The van der Waals surface area contributed by atoms with Crippen molar-refractivity contribution in [1.29, 1.82) is 0 Å². The molecule has 0 amide bonds. The minimum absolute atomic E-state index is 1.03. The molecule has 7 aromatic carbocycles. The predicted octanol–water partition coefficient (Wildman–Crippen LogP) is 9.31. The Kier molecular flexibility index (Phi) is 7.08. The van der Waals surface area contributed by atoms with Crippen LogP contribution in [0.15, 0.2) is 188 Å². The van der Waals surface area contributed by atoms with Gasteiger partial charge < -0.3 is 0 Å². The van der Waals surface area contributed by atoms with Crippen LogP contribution in [0.1, 0.15) is 0 Å². The van der Waals surface area contributed by atoms with Gasteiger partial charge in [-0.3, -0.25) is 0 Å². The first-order chi connectivity index (χ1) is 23.8. The number of aromatic nitrogens is 1. The van der Waals surface area contributed by atoms with E-state index in [9.17, 15) is 0 Å². The number of pyridine rings is 1. The summed E-state index contributed by atoms with van der Waals surface area (Å²) in [6, 6.07) is 68.8. The summed E-state index contributed by atoms with van der Waals surface area (Å²) in [6.45, 7) is 0. The molecule has 0 saturated carbocycles. The highest BCUT2D eigenvalue weighted by atomic mass is 32.1. The van der Waals surface area contributed by atoms with Crippen molar-refractivity contribution in [2.45, 2.75) is 0 Å². The van der Waals surface area contributed by atoms with E-state index < -0.39 is 8.07 Å². The van der Waals surface area contributed by atoms with Gasteiger partial charge in [0.05, 0.1) is 11.2 Å².